The Hall–Kier alpha value is -3.56. The Kier molecular flexibility index (Phi) is 11.9. The molecule has 2 N–H and O–H groups in total. The summed E-state index contributed by atoms with van der Waals surface area (Å²) in [5.74, 6) is -1.26. The number of alkyl carbamates (subject to hydrolysis) is 2. The van der Waals surface area contributed by atoms with E-state index in [1.807, 2.05) is 0 Å². The van der Waals surface area contributed by atoms with Crippen LogP contribution in [0, 0.1) is 0 Å². The van der Waals surface area contributed by atoms with Gasteiger partial charge in [0.15, 0.2) is 0 Å². The molecule has 0 aromatic carbocycles. The first kappa shape index (κ1) is 23.4. The van der Waals surface area contributed by atoms with E-state index in [9.17, 15) is 19.2 Å². The molecule has 10 heteroatoms. The first-order valence-corrected chi connectivity index (χ1v) is 7.63. The van der Waals surface area contributed by atoms with Gasteiger partial charge in [-0.15, -0.1) is 0 Å². The van der Waals surface area contributed by atoms with E-state index >= 15 is 0 Å². The molecule has 0 fully saturated rings. The first-order valence-electron chi connectivity index (χ1n) is 7.63. The largest absolute Gasteiger partial charge is 0.461 e. The molecule has 0 saturated heterocycles. The lowest BCUT2D eigenvalue weighted by Gasteiger charge is -2.11. The Morgan fingerprint density at radius 3 is 1.44 bits per heavy atom. The zero-order valence-corrected chi connectivity index (χ0v) is 14.8. The summed E-state index contributed by atoms with van der Waals surface area (Å²) < 4.78 is 19.0. The van der Waals surface area contributed by atoms with Crippen LogP contribution in [0.15, 0.2) is 50.0 Å². The summed E-state index contributed by atoms with van der Waals surface area (Å²) in [5, 5.41) is 4.65. The second-order valence-electron chi connectivity index (χ2n) is 4.63. The molecule has 0 spiro atoms. The third-order valence-electron chi connectivity index (χ3n) is 2.43. The lowest BCUT2D eigenvalue weighted by Crippen LogP contribution is -2.29. The molecule has 0 rings (SSSR count). The maximum absolute atomic E-state index is 11.5. The number of hydrogen-bond donors (Lipinski definition) is 2. The molecule has 0 unspecified atom stereocenters. The standard InChI is InChI=1S/C17H22N2O8/c1-5-14(20)24-9-7-18-16(22)26-12(3)11-13(4)27-17(23)19-8-10-25-15(21)6-2/h5-6H,1-4,7-11H2,(H,18,22)(H,19,23). The van der Waals surface area contributed by atoms with Gasteiger partial charge in [0.05, 0.1) is 19.5 Å². The first-order chi connectivity index (χ1) is 12.8. The molecule has 0 aliphatic carbocycles. The van der Waals surface area contributed by atoms with Crippen molar-refractivity contribution in [3.63, 3.8) is 0 Å². The molecular formula is C17H22N2O8. The summed E-state index contributed by atoms with van der Waals surface area (Å²) in [6, 6.07) is 0. The van der Waals surface area contributed by atoms with Gasteiger partial charge in [0.1, 0.15) is 24.7 Å². The highest BCUT2D eigenvalue weighted by molar-refractivity contribution is 5.81. The Labute approximate surface area is 156 Å². The zero-order valence-electron chi connectivity index (χ0n) is 14.8. The van der Waals surface area contributed by atoms with Crippen LogP contribution in [0.3, 0.4) is 0 Å². The number of carbonyl (C=O) groups is 4. The second kappa shape index (κ2) is 13.7. The van der Waals surface area contributed by atoms with Crippen molar-refractivity contribution in [3.05, 3.63) is 50.0 Å². The molecule has 10 nitrogen and oxygen atoms in total. The van der Waals surface area contributed by atoms with Gasteiger partial charge in [0.25, 0.3) is 0 Å². The van der Waals surface area contributed by atoms with Crippen LogP contribution in [0.4, 0.5) is 9.59 Å². The van der Waals surface area contributed by atoms with Crippen LogP contribution in [0.2, 0.25) is 0 Å². The van der Waals surface area contributed by atoms with Crippen molar-refractivity contribution in [3.8, 4) is 0 Å². The monoisotopic (exact) mass is 382 g/mol. The number of hydrogen-bond acceptors (Lipinski definition) is 8. The molecule has 0 aliphatic rings. The number of carbonyl (C=O) groups excluding carboxylic acids is 4. The van der Waals surface area contributed by atoms with E-state index < -0.39 is 24.1 Å². The Bertz CT molecular complexity index is 560. The molecule has 0 bridgehead atoms. The molecule has 0 aromatic heterocycles. The van der Waals surface area contributed by atoms with Gasteiger partial charge in [-0.05, 0) is 0 Å². The van der Waals surface area contributed by atoms with E-state index in [0.29, 0.717) is 0 Å². The summed E-state index contributed by atoms with van der Waals surface area (Å²) in [7, 11) is 0. The molecule has 148 valence electrons. The van der Waals surface area contributed by atoms with Crippen LogP contribution in [-0.4, -0.2) is 50.4 Å². The van der Waals surface area contributed by atoms with Crippen molar-refractivity contribution in [2.45, 2.75) is 6.42 Å². The van der Waals surface area contributed by atoms with Gasteiger partial charge in [-0.25, -0.2) is 19.2 Å². The fourth-order valence-corrected chi connectivity index (χ4v) is 1.35. The summed E-state index contributed by atoms with van der Waals surface area (Å²) >= 11 is 0. The van der Waals surface area contributed by atoms with Crippen LogP contribution in [0.5, 0.6) is 0 Å². The van der Waals surface area contributed by atoms with Gasteiger partial charge in [-0.2, -0.15) is 0 Å². The average Bonchev–Trinajstić information content (AvgIpc) is 2.61. The Morgan fingerprint density at radius 1 is 0.741 bits per heavy atom. The minimum absolute atomic E-state index is 0.0201. The normalized spacial score (nSPS) is 9.19. The fourth-order valence-electron chi connectivity index (χ4n) is 1.35. The summed E-state index contributed by atoms with van der Waals surface area (Å²) in [6.07, 6.45) is 0.232. The van der Waals surface area contributed by atoms with E-state index in [-0.39, 0.29) is 44.2 Å². The van der Waals surface area contributed by atoms with Crippen molar-refractivity contribution in [2.24, 2.45) is 0 Å². The highest BCUT2D eigenvalue weighted by Gasteiger charge is 2.10. The number of nitrogens with one attached hydrogen (secondary N) is 2. The van der Waals surface area contributed by atoms with Crippen LogP contribution >= 0.6 is 0 Å². The fraction of sp³-hybridized carbons (Fsp3) is 0.294. The molecule has 0 saturated carbocycles. The number of ether oxygens (including phenoxy) is 4. The SMILES string of the molecule is C=CC(=O)OCCNC(=O)OC(=C)CC(=C)OC(=O)NCCOC(=O)C=C. The molecular weight excluding hydrogens is 360 g/mol. The van der Waals surface area contributed by atoms with Gasteiger partial charge in [-0.3, -0.25) is 0 Å². The second-order valence-corrected chi connectivity index (χ2v) is 4.63. The van der Waals surface area contributed by atoms with E-state index in [4.69, 9.17) is 9.47 Å². The molecule has 0 radical (unpaired) electrons. The minimum Gasteiger partial charge on any atom is -0.461 e. The van der Waals surface area contributed by atoms with Crippen molar-refractivity contribution in [2.75, 3.05) is 26.3 Å². The topological polar surface area (TPSA) is 129 Å². The number of esters is 2. The van der Waals surface area contributed by atoms with Crippen molar-refractivity contribution in [1.29, 1.82) is 0 Å². The van der Waals surface area contributed by atoms with Crippen molar-refractivity contribution in [1.82, 2.24) is 10.6 Å². The summed E-state index contributed by atoms with van der Waals surface area (Å²) in [5.41, 5.74) is 0. The summed E-state index contributed by atoms with van der Waals surface area (Å²) in [6.45, 7) is 13.4. The predicted molar refractivity (Wildman–Crippen MR) is 94.2 cm³/mol. The molecule has 0 heterocycles. The van der Waals surface area contributed by atoms with Crippen molar-refractivity contribution < 1.29 is 38.1 Å². The van der Waals surface area contributed by atoms with E-state index in [2.05, 4.69) is 46.4 Å². The third kappa shape index (κ3) is 13.4. The highest BCUT2D eigenvalue weighted by Crippen LogP contribution is 2.10. The van der Waals surface area contributed by atoms with Gasteiger partial charge >= 0.3 is 24.1 Å². The Balaban J connectivity index is 3.91. The van der Waals surface area contributed by atoms with Crippen molar-refractivity contribution >= 4 is 24.1 Å². The molecule has 0 aromatic rings. The average molecular weight is 382 g/mol. The number of rotatable bonds is 12. The smallest absolute Gasteiger partial charge is 0.412 e. The number of amides is 2. The maximum atomic E-state index is 11.5. The lowest BCUT2D eigenvalue weighted by molar-refractivity contribution is -0.138. The van der Waals surface area contributed by atoms with Gasteiger partial charge in [0.2, 0.25) is 0 Å². The van der Waals surface area contributed by atoms with Crippen LogP contribution in [0.1, 0.15) is 6.42 Å². The van der Waals surface area contributed by atoms with Crippen LogP contribution in [0.25, 0.3) is 0 Å². The molecule has 0 atom stereocenters. The quantitative estimate of drug-likeness (QED) is 0.170. The highest BCUT2D eigenvalue weighted by atomic mass is 16.6. The van der Waals surface area contributed by atoms with Crippen LogP contribution in [-0.2, 0) is 28.5 Å². The van der Waals surface area contributed by atoms with Crippen LogP contribution < -0.4 is 10.6 Å². The third-order valence-corrected chi connectivity index (χ3v) is 2.43. The predicted octanol–water partition coefficient (Wildman–Crippen LogP) is 1.31. The van der Waals surface area contributed by atoms with Gasteiger partial charge < -0.3 is 29.6 Å². The molecule has 0 aliphatic heterocycles. The van der Waals surface area contributed by atoms with E-state index in [1.54, 1.807) is 0 Å². The van der Waals surface area contributed by atoms with E-state index in [1.165, 1.54) is 0 Å². The summed E-state index contributed by atoms with van der Waals surface area (Å²) in [4.78, 5) is 44.5. The Morgan fingerprint density at radius 2 is 1.11 bits per heavy atom. The van der Waals surface area contributed by atoms with Gasteiger partial charge in [0, 0.05) is 12.2 Å². The molecule has 2 amide bonds. The minimum atomic E-state index is -0.823. The van der Waals surface area contributed by atoms with Gasteiger partial charge in [-0.1, -0.05) is 26.3 Å². The maximum Gasteiger partial charge on any atom is 0.412 e. The zero-order chi connectivity index (χ0) is 20.7. The molecule has 27 heavy (non-hydrogen) atoms. The lowest BCUT2D eigenvalue weighted by atomic mass is 10.3. The van der Waals surface area contributed by atoms with E-state index in [0.717, 1.165) is 12.2 Å².